The normalized spacial score (nSPS) is 12.8. The van der Waals surface area contributed by atoms with E-state index in [0.717, 1.165) is 23.8 Å². The van der Waals surface area contributed by atoms with Gasteiger partial charge < -0.3 is 4.74 Å². The van der Waals surface area contributed by atoms with Gasteiger partial charge in [0.25, 0.3) is 11.4 Å². The fraction of sp³-hybridized carbons (Fsp3) is 0.278. The molecule has 0 saturated heterocycles. The summed E-state index contributed by atoms with van der Waals surface area (Å²) in [5, 5.41) is 21.9. The van der Waals surface area contributed by atoms with Crippen molar-refractivity contribution in [3.05, 3.63) is 79.9 Å². The molecular formula is C18H18N2O6. The van der Waals surface area contributed by atoms with Crippen molar-refractivity contribution in [1.82, 2.24) is 0 Å². The lowest BCUT2D eigenvalue weighted by Gasteiger charge is -2.23. The van der Waals surface area contributed by atoms with Crippen molar-refractivity contribution < 1.29 is 19.4 Å². The molecule has 2 aromatic rings. The summed E-state index contributed by atoms with van der Waals surface area (Å²) in [7, 11) is 0. The molecule has 136 valence electrons. The van der Waals surface area contributed by atoms with Gasteiger partial charge in [0.05, 0.1) is 21.5 Å². The highest BCUT2D eigenvalue weighted by atomic mass is 16.6. The Hall–Kier alpha value is -3.29. The first-order valence-corrected chi connectivity index (χ1v) is 8.03. The Balaban J connectivity index is 2.27. The number of nitro benzene ring substituents is 2. The molecule has 0 aliphatic heterocycles. The van der Waals surface area contributed by atoms with Crippen LogP contribution in [0.3, 0.4) is 0 Å². The van der Waals surface area contributed by atoms with Crippen molar-refractivity contribution >= 4 is 17.3 Å². The number of esters is 1. The fourth-order valence-electron chi connectivity index (χ4n) is 2.64. The lowest BCUT2D eigenvalue weighted by atomic mass is 9.94. The average Bonchev–Trinajstić information content (AvgIpc) is 2.65. The predicted octanol–water partition coefficient (Wildman–Crippen LogP) is 4.24. The number of hydrogen-bond acceptors (Lipinski definition) is 6. The number of ether oxygens (including phenoxy) is 1. The predicted molar refractivity (Wildman–Crippen MR) is 94.1 cm³/mol. The second-order valence-corrected chi connectivity index (χ2v) is 5.80. The smallest absolute Gasteiger partial charge is 0.338 e. The van der Waals surface area contributed by atoms with Crippen molar-refractivity contribution in [2.45, 2.75) is 32.3 Å². The quantitative estimate of drug-likeness (QED) is 0.415. The maximum Gasteiger partial charge on any atom is 0.338 e. The van der Waals surface area contributed by atoms with E-state index in [9.17, 15) is 25.0 Å². The highest BCUT2D eigenvalue weighted by Crippen LogP contribution is 2.27. The van der Waals surface area contributed by atoms with Crippen molar-refractivity contribution in [2.75, 3.05) is 0 Å². The van der Waals surface area contributed by atoms with E-state index in [4.69, 9.17) is 4.74 Å². The molecule has 8 nitrogen and oxygen atoms in total. The summed E-state index contributed by atoms with van der Waals surface area (Å²) in [5.74, 6) is -0.926. The maximum absolute atomic E-state index is 12.4. The van der Waals surface area contributed by atoms with E-state index < -0.39 is 33.3 Å². The highest BCUT2D eigenvalue weighted by Gasteiger charge is 2.25. The molecule has 0 radical (unpaired) electrons. The van der Waals surface area contributed by atoms with Crippen molar-refractivity contribution in [2.24, 2.45) is 0 Å². The minimum absolute atomic E-state index is 0.0983. The summed E-state index contributed by atoms with van der Waals surface area (Å²) >= 11 is 0. The molecule has 0 saturated carbocycles. The standard InChI is InChI=1S/C18H18N2O6/c1-3-17(12(2)13-7-5-4-6-8-13)26-18(21)14-9-15(19(22)23)11-16(10-14)20(24)25/h4-12,17H,3H2,1-2H3/t12-,17+/m1/s1. The third-order valence-electron chi connectivity index (χ3n) is 4.10. The van der Waals surface area contributed by atoms with Gasteiger partial charge in [-0.05, 0) is 12.0 Å². The third-order valence-corrected chi connectivity index (χ3v) is 4.10. The van der Waals surface area contributed by atoms with Gasteiger partial charge in [-0.1, -0.05) is 44.2 Å². The van der Waals surface area contributed by atoms with Crippen LogP contribution < -0.4 is 0 Å². The van der Waals surface area contributed by atoms with E-state index >= 15 is 0 Å². The molecule has 2 aromatic carbocycles. The topological polar surface area (TPSA) is 113 Å². The van der Waals surface area contributed by atoms with Crippen LogP contribution in [0.1, 0.15) is 42.1 Å². The van der Waals surface area contributed by atoms with E-state index in [0.29, 0.717) is 6.42 Å². The van der Waals surface area contributed by atoms with E-state index in [2.05, 4.69) is 0 Å². The van der Waals surface area contributed by atoms with E-state index in [1.165, 1.54) is 0 Å². The van der Waals surface area contributed by atoms with Crippen molar-refractivity contribution in [3.63, 3.8) is 0 Å². The lowest BCUT2D eigenvalue weighted by Crippen LogP contribution is -2.23. The molecule has 0 aliphatic carbocycles. The van der Waals surface area contributed by atoms with Crippen LogP contribution in [0, 0.1) is 20.2 Å². The summed E-state index contributed by atoms with van der Waals surface area (Å²) in [6, 6.07) is 12.2. The van der Waals surface area contributed by atoms with Gasteiger partial charge in [0.1, 0.15) is 6.10 Å². The van der Waals surface area contributed by atoms with Crippen LogP contribution in [0.2, 0.25) is 0 Å². The fourth-order valence-corrected chi connectivity index (χ4v) is 2.64. The summed E-state index contributed by atoms with van der Waals surface area (Å²) < 4.78 is 5.49. The first kappa shape index (κ1) is 19.0. The molecular weight excluding hydrogens is 340 g/mol. The van der Waals surface area contributed by atoms with E-state index in [1.807, 2.05) is 44.2 Å². The Kier molecular flexibility index (Phi) is 6.00. The Bertz CT molecular complexity index is 789. The Labute approximate surface area is 149 Å². The largest absolute Gasteiger partial charge is 0.458 e. The molecule has 0 heterocycles. The number of carbonyl (C=O) groups excluding carboxylic acids is 1. The number of nitro groups is 2. The molecule has 0 bridgehead atoms. The average molecular weight is 358 g/mol. The van der Waals surface area contributed by atoms with Crippen LogP contribution in [-0.2, 0) is 4.74 Å². The molecule has 0 unspecified atom stereocenters. The number of nitrogens with zero attached hydrogens (tertiary/aromatic N) is 2. The molecule has 0 N–H and O–H groups in total. The van der Waals surface area contributed by atoms with Gasteiger partial charge in [0.15, 0.2) is 0 Å². The van der Waals surface area contributed by atoms with Gasteiger partial charge in [-0.15, -0.1) is 0 Å². The Morgan fingerprint density at radius 1 is 1.04 bits per heavy atom. The van der Waals surface area contributed by atoms with Gasteiger partial charge in [-0.25, -0.2) is 4.79 Å². The zero-order chi connectivity index (χ0) is 19.3. The molecule has 0 aliphatic rings. The minimum Gasteiger partial charge on any atom is -0.458 e. The van der Waals surface area contributed by atoms with E-state index in [1.54, 1.807) is 0 Å². The first-order chi connectivity index (χ1) is 12.3. The van der Waals surface area contributed by atoms with E-state index in [-0.39, 0.29) is 11.5 Å². The monoisotopic (exact) mass is 358 g/mol. The van der Waals surface area contributed by atoms with Gasteiger partial charge in [0, 0.05) is 18.1 Å². The number of rotatable bonds is 7. The van der Waals surface area contributed by atoms with Crippen LogP contribution in [0.5, 0.6) is 0 Å². The summed E-state index contributed by atoms with van der Waals surface area (Å²) in [6.45, 7) is 3.76. The molecule has 0 spiro atoms. The Morgan fingerprint density at radius 2 is 1.58 bits per heavy atom. The number of benzene rings is 2. The third kappa shape index (κ3) is 4.41. The maximum atomic E-state index is 12.4. The molecule has 26 heavy (non-hydrogen) atoms. The number of hydrogen-bond donors (Lipinski definition) is 0. The number of carbonyl (C=O) groups is 1. The van der Waals surface area contributed by atoms with Crippen LogP contribution in [0.4, 0.5) is 11.4 Å². The molecule has 0 aromatic heterocycles. The number of non-ortho nitro benzene ring substituents is 2. The van der Waals surface area contributed by atoms with Crippen LogP contribution >= 0.6 is 0 Å². The van der Waals surface area contributed by atoms with Crippen LogP contribution in [0.15, 0.2) is 48.5 Å². The SMILES string of the molecule is CC[C@H](OC(=O)c1cc([N+](=O)[O-])cc([N+](=O)[O-])c1)[C@H](C)c1ccccc1. The minimum atomic E-state index is -0.827. The molecule has 2 rings (SSSR count). The highest BCUT2D eigenvalue weighted by molar-refractivity contribution is 5.91. The summed E-state index contributed by atoms with van der Waals surface area (Å²) in [5.41, 5.74) is -0.299. The van der Waals surface area contributed by atoms with Gasteiger partial charge in [-0.2, -0.15) is 0 Å². The first-order valence-electron chi connectivity index (χ1n) is 8.03. The molecule has 8 heteroatoms. The van der Waals surface area contributed by atoms with Crippen LogP contribution in [-0.4, -0.2) is 21.9 Å². The zero-order valence-electron chi connectivity index (χ0n) is 14.3. The molecule has 0 amide bonds. The van der Waals surface area contributed by atoms with Gasteiger partial charge in [-0.3, -0.25) is 20.2 Å². The van der Waals surface area contributed by atoms with Gasteiger partial charge >= 0.3 is 5.97 Å². The molecule has 0 fully saturated rings. The second-order valence-electron chi connectivity index (χ2n) is 5.80. The van der Waals surface area contributed by atoms with Gasteiger partial charge in [0.2, 0.25) is 0 Å². The zero-order valence-corrected chi connectivity index (χ0v) is 14.3. The summed E-state index contributed by atoms with van der Waals surface area (Å²) in [6.07, 6.45) is 0.0574. The van der Waals surface area contributed by atoms with Crippen molar-refractivity contribution in [3.8, 4) is 0 Å². The van der Waals surface area contributed by atoms with Crippen LogP contribution in [0.25, 0.3) is 0 Å². The molecule has 2 atom stereocenters. The van der Waals surface area contributed by atoms with Crippen molar-refractivity contribution in [1.29, 1.82) is 0 Å². The summed E-state index contributed by atoms with van der Waals surface area (Å²) in [4.78, 5) is 32.8. The Morgan fingerprint density at radius 3 is 2.04 bits per heavy atom. The lowest BCUT2D eigenvalue weighted by molar-refractivity contribution is -0.394. The second kappa shape index (κ2) is 8.19.